The maximum Gasteiger partial charge on any atom is 0.319 e. The molecule has 0 unspecified atom stereocenters. The van der Waals surface area contributed by atoms with E-state index in [2.05, 4.69) is 16.0 Å². The number of nitrogens with one attached hydrogen (secondary N) is 3. The van der Waals surface area contributed by atoms with Crippen LogP contribution in [0.1, 0.15) is 15.9 Å². The number of anilines is 2. The van der Waals surface area contributed by atoms with Crippen molar-refractivity contribution in [3.8, 4) is 5.75 Å². The lowest BCUT2D eigenvalue weighted by atomic mass is 10.1. The average molecular weight is 379 g/mol. The first-order chi connectivity index (χ1) is 13.6. The average Bonchev–Trinajstić information content (AvgIpc) is 3.24. The fraction of sp³-hybridized carbons (Fsp3) is 0.143. The lowest BCUT2D eigenvalue weighted by Gasteiger charge is -2.10. The van der Waals surface area contributed by atoms with E-state index in [1.165, 1.54) is 12.5 Å². The van der Waals surface area contributed by atoms with E-state index in [1.54, 1.807) is 37.4 Å². The van der Waals surface area contributed by atoms with Gasteiger partial charge in [-0.25, -0.2) is 4.79 Å². The van der Waals surface area contributed by atoms with Crippen LogP contribution in [0.15, 0.2) is 71.5 Å². The molecule has 0 radical (unpaired) electrons. The summed E-state index contributed by atoms with van der Waals surface area (Å²) in [6, 6.07) is 15.9. The van der Waals surface area contributed by atoms with Gasteiger partial charge < -0.3 is 25.1 Å². The van der Waals surface area contributed by atoms with Gasteiger partial charge in [-0.3, -0.25) is 4.79 Å². The summed E-state index contributed by atoms with van der Waals surface area (Å²) in [4.78, 5) is 24.1. The normalized spacial score (nSPS) is 10.2. The Balaban J connectivity index is 1.47. The number of carbonyl (C=O) groups excluding carboxylic acids is 2. The van der Waals surface area contributed by atoms with Crippen LogP contribution in [-0.4, -0.2) is 25.6 Å². The van der Waals surface area contributed by atoms with E-state index < -0.39 is 0 Å². The van der Waals surface area contributed by atoms with E-state index in [9.17, 15) is 9.59 Å². The number of hydrogen-bond donors (Lipinski definition) is 3. The number of urea groups is 1. The minimum Gasteiger partial charge on any atom is -0.497 e. The third kappa shape index (κ3) is 5.38. The first kappa shape index (κ1) is 19.0. The molecule has 0 aliphatic rings. The molecule has 0 saturated carbocycles. The summed E-state index contributed by atoms with van der Waals surface area (Å²) in [5, 5.41) is 8.32. The van der Waals surface area contributed by atoms with Gasteiger partial charge >= 0.3 is 6.03 Å². The molecule has 0 fully saturated rings. The first-order valence-corrected chi connectivity index (χ1v) is 8.75. The number of methoxy groups -OCH3 is 1. The number of carbonyl (C=O) groups is 2. The Kier molecular flexibility index (Phi) is 6.30. The van der Waals surface area contributed by atoms with Crippen LogP contribution >= 0.6 is 0 Å². The van der Waals surface area contributed by atoms with Gasteiger partial charge in [0.05, 0.1) is 18.9 Å². The quantitative estimate of drug-likeness (QED) is 0.580. The van der Waals surface area contributed by atoms with Crippen molar-refractivity contribution in [2.24, 2.45) is 0 Å². The molecule has 3 N–H and O–H groups in total. The van der Waals surface area contributed by atoms with Gasteiger partial charge in [0.15, 0.2) is 0 Å². The lowest BCUT2D eigenvalue weighted by molar-refractivity contribution is 0.102. The highest BCUT2D eigenvalue weighted by Gasteiger charge is 2.08. The highest BCUT2D eigenvalue weighted by Crippen LogP contribution is 2.16. The number of rotatable bonds is 7. The fourth-order valence-electron chi connectivity index (χ4n) is 2.56. The molecule has 0 atom stereocenters. The van der Waals surface area contributed by atoms with Gasteiger partial charge in [0.2, 0.25) is 0 Å². The molecule has 0 bridgehead atoms. The Morgan fingerprint density at radius 1 is 1.00 bits per heavy atom. The van der Waals surface area contributed by atoms with Gasteiger partial charge in [0.1, 0.15) is 12.0 Å². The summed E-state index contributed by atoms with van der Waals surface area (Å²) in [7, 11) is 1.62. The standard InChI is InChI=1S/C21H21N3O4/c1-27-19-7-5-15(6-8-19)9-11-22-21(26)24-18-4-2-3-17(13-18)23-20(25)16-10-12-28-14-16/h2-8,10,12-14H,9,11H2,1H3,(H,23,25)(H2,22,24,26). The summed E-state index contributed by atoms with van der Waals surface area (Å²) >= 11 is 0. The molecule has 2 aromatic carbocycles. The molecule has 3 rings (SSSR count). The zero-order chi connectivity index (χ0) is 19.8. The van der Waals surface area contributed by atoms with Crippen LogP contribution < -0.4 is 20.7 Å². The van der Waals surface area contributed by atoms with Crippen molar-refractivity contribution in [3.05, 3.63) is 78.3 Å². The molecule has 0 saturated heterocycles. The van der Waals surface area contributed by atoms with Crippen LogP contribution in [0.3, 0.4) is 0 Å². The summed E-state index contributed by atoms with van der Waals surface area (Å²) in [5.74, 6) is 0.518. The highest BCUT2D eigenvalue weighted by molar-refractivity contribution is 6.04. The van der Waals surface area contributed by atoms with Crippen LogP contribution in [0, 0.1) is 0 Å². The van der Waals surface area contributed by atoms with Crippen molar-refractivity contribution in [2.75, 3.05) is 24.3 Å². The predicted molar refractivity (Wildman–Crippen MR) is 107 cm³/mol. The second-order valence-electron chi connectivity index (χ2n) is 6.03. The van der Waals surface area contributed by atoms with Gasteiger partial charge in [-0.15, -0.1) is 0 Å². The smallest absolute Gasteiger partial charge is 0.319 e. The Morgan fingerprint density at radius 3 is 2.43 bits per heavy atom. The zero-order valence-electron chi connectivity index (χ0n) is 15.4. The van der Waals surface area contributed by atoms with E-state index in [0.29, 0.717) is 29.9 Å². The van der Waals surface area contributed by atoms with Crippen LogP contribution in [0.2, 0.25) is 0 Å². The summed E-state index contributed by atoms with van der Waals surface area (Å²) in [6.07, 6.45) is 3.51. The minimum absolute atomic E-state index is 0.283. The summed E-state index contributed by atoms with van der Waals surface area (Å²) in [6.45, 7) is 0.495. The maximum atomic E-state index is 12.1. The Morgan fingerprint density at radius 2 is 1.75 bits per heavy atom. The molecule has 7 heteroatoms. The van der Waals surface area contributed by atoms with Crippen molar-refractivity contribution in [1.82, 2.24) is 5.32 Å². The predicted octanol–water partition coefficient (Wildman–Crippen LogP) is 3.90. The van der Waals surface area contributed by atoms with Gasteiger partial charge in [0.25, 0.3) is 5.91 Å². The van der Waals surface area contributed by atoms with Crippen molar-refractivity contribution >= 4 is 23.3 Å². The number of furan rings is 1. The lowest BCUT2D eigenvalue weighted by Crippen LogP contribution is -2.30. The topological polar surface area (TPSA) is 92.6 Å². The molecule has 0 aliphatic carbocycles. The van der Waals surface area contributed by atoms with Gasteiger partial charge in [-0.2, -0.15) is 0 Å². The molecule has 3 amide bonds. The fourth-order valence-corrected chi connectivity index (χ4v) is 2.56. The van der Waals surface area contributed by atoms with Gasteiger partial charge in [0, 0.05) is 17.9 Å². The Bertz CT molecular complexity index is 921. The van der Waals surface area contributed by atoms with E-state index in [1.807, 2.05) is 24.3 Å². The molecule has 1 aromatic heterocycles. The van der Waals surface area contributed by atoms with Crippen molar-refractivity contribution in [3.63, 3.8) is 0 Å². The molecule has 144 valence electrons. The second-order valence-corrected chi connectivity index (χ2v) is 6.03. The van der Waals surface area contributed by atoms with Crippen LogP contribution in [0.25, 0.3) is 0 Å². The van der Waals surface area contributed by atoms with Crippen LogP contribution in [-0.2, 0) is 6.42 Å². The maximum absolute atomic E-state index is 12.1. The number of amides is 3. The molecule has 1 heterocycles. The molecule has 0 spiro atoms. The SMILES string of the molecule is COc1ccc(CCNC(=O)Nc2cccc(NC(=O)c3ccoc3)c2)cc1. The minimum atomic E-state index is -0.313. The van der Waals surface area contributed by atoms with E-state index in [4.69, 9.17) is 9.15 Å². The monoisotopic (exact) mass is 379 g/mol. The highest BCUT2D eigenvalue weighted by atomic mass is 16.5. The van der Waals surface area contributed by atoms with Crippen LogP contribution in [0.4, 0.5) is 16.2 Å². The second kappa shape index (κ2) is 9.27. The Labute approximate surface area is 162 Å². The molecule has 7 nitrogen and oxygen atoms in total. The van der Waals surface area contributed by atoms with E-state index >= 15 is 0 Å². The largest absolute Gasteiger partial charge is 0.497 e. The van der Waals surface area contributed by atoms with Crippen molar-refractivity contribution in [1.29, 1.82) is 0 Å². The summed E-state index contributed by atoms with van der Waals surface area (Å²) in [5.41, 5.74) is 2.67. The van der Waals surface area contributed by atoms with E-state index in [0.717, 1.165) is 11.3 Å². The van der Waals surface area contributed by atoms with Crippen molar-refractivity contribution in [2.45, 2.75) is 6.42 Å². The third-order valence-electron chi connectivity index (χ3n) is 4.02. The van der Waals surface area contributed by atoms with Gasteiger partial charge in [-0.1, -0.05) is 18.2 Å². The summed E-state index contributed by atoms with van der Waals surface area (Å²) < 4.78 is 10.0. The Hall–Kier alpha value is -3.74. The van der Waals surface area contributed by atoms with Crippen LogP contribution in [0.5, 0.6) is 5.75 Å². The van der Waals surface area contributed by atoms with E-state index in [-0.39, 0.29) is 11.9 Å². The molecule has 28 heavy (non-hydrogen) atoms. The van der Waals surface area contributed by atoms with Gasteiger partial charge in [-0.05, 0) is 48.4 Å². The zero-order valence-corrected chi connectivity index (χ0v) is 15.4. The first-order valence-electron chi connectivity index (χ1n) is 8.75. The number of ether oxygens (including phenoxy) is 1. The molecule has 3 aromatic rings. The number of benzene rings is 2. The molecule has 0 aliphatic heterocycles. The third-order valence-corrected chi connectivity index (χ3v) is 4.02. The number of hydrogen-bond acceptors (Lipinski definition) is 4. The molecular formula is C21H21N3O4. The van der Waals surface area contributed by atoms with Crippen molar-refractivity contribution < 1.29 is 18.7 Å². The molecular weight excluding hydrogens is 358 g/mol.